The summed E-state index contributed by atoms with van der Waals surface area (Å²) in [5.41, 5.74) is 0.328. The Morgan fingerprint density at radius 3 is 2.22 bits per heavy atom. The molecule has 0 unspecified atom stereocenters. The minimum absolute atomic E-state index is 0.409. The number of benzene rings is 2. The van der Waals surface area contributed by atoms with Gasteiger partial charge in [0, 0.05) is 10.6 Å². The zero-order valence-corrected chi connectivity index (χ0v) is 12.3. The van der Waals surface area contributed by atoms with Crippen LogP contribution in [0, 0.1) is 0 Å². The largest absolute Gasteiger partial charge is 0.453 e. The SMILES string of the molecule is FC(F)(F)c1ccc(-c2[nH]ncc2Oc2ccc(Cl)cc2)cc1. The molecule has 0 spiro atoms. The van der Waals surface area contributed by atoms with Gasteiger partial charge in [0.15, 0.2) is 5.75 Å². The highest BCUT2D eigenvalue weighted by Gasteiger charge is 2.30. The molecular formula is C16H10ClF3N2O. The molecule has 23 heavy (non-hydrogen) atoms. The first-order chi connectivity index (χ1) is 10.9. The Morgan fingerprint density at radius 1 is 0.957 bits per heavy atom. The molecule has 3 rings (SSSR count). The number of nitrogens with zero attached hydrogens (tertiary/aromatic N) is 1. The van der Waals surface area contributed by atoms with Gasteiger partial charge in [0.05, 0.1) is 11.8 Å². The van der Waals surface area contributed by atoms with Gasteiger partial charge in [-0.25, -0.2) is 0 Å². The summed E-state index contributed by atoms with van der Waals surface area (Å²) in [6, 6.07) is 11.5. The van der Waals surface area contributed by atoms with Gasteiger partial charge in [-0.2, -0.15) is 18.3 Å². The molecule has 2 aromatic carbocycles. The summed E-state index contributed by atoms with van der Waals surface area (Å²) >= 11 is 5.81. The van der Waals surface area contributed by atoms with Crippen LogP contribution in [0.3, 0.4) is 0 Å². The quantitative estimate of drug-likeness (QED) is 0.680. The van der Waals surface area contributed by atoms with Gasteiger partial charge in [0.1, 0.15) is 11.4 Å². The summed E-state index contributed by atoms with van der Waals surface area (Å²) < 4.78 is 43.5. The second-order valence-electron chi connectivity index (χ2n) is 4.74. The smallest absolute Gasteiger partial charge is 0.416 e. The molecule has 0 radical (unpaired) electrons. The highest BCUT2D eigenvalue weighted by atomic mass is 35.5. The first kappa shape index (κ1) is 15.4. The van der Waals surface area contributed by atoms with Crippen molar-refractivity contribution >= 4 is 11.6 Å². The lowest BCUT2D eigenvalue weighted by molar-refractivity contribution is -0.137. The van der Waals surface area contributed by atoms with Gasteiger partial charge in [0.25, 0.3) is 0 Å². The Labute approximate surface area is 134 Å². The summed E-state index contributed by atoms with van der Waals surface area (Å²) in [6.07, 6.45) is -2.91. The first-order valence-electron chi connectivity index (χ1n) is 6.58. The third kappa shape index (κ3) is 3.48. The van der Waals surface area contributed by atoms with Gasteiger partial charge in [0.2, 0.25) is 0 Å². The average Bonchev–Trinajstić information content (AvgIpc) is 2.97. The van der Waals surface area contributed by atoms with Crippen LogP contribution in [-0.4, -0.2) is 10.2 Å². The standard InChI is InChI=1S/C16H10ClF3N2O/c17-12-5-7-13(8-6-12)23-14-9-21-22-15(14)10-1-3-11(4-2-10)16(18,19)20/h1-9H,(H,21,22). The maximum Gasteiger partial charge on any atom is 0.416 e. The fourth-order valence-corrected chi connectivity index (χ4v) is 2.14. The van der Waals surface area contributed by atoms with Crippen molar-refractivity contribution in [3.05, 3.63) is 65.3 Å². The van der Waals surface area contributed by atoms with E-state index < -0.39 is 11.7 Å². The molecule has 0 aliphatic rings. The molecule has 1 N–H and O–H groups in total. The van der Waals surface area contributed by atoms with E-state index in [2.05, 4.69) is 10.2 Å². The van der Waals surface area contributed by atoms with Crippen molar-refractivity contribution < 1.29 is 17.9 Å². The average molecular weight is 339 g/mol. The number of rotatable bonds is 3. The second-order valence-corrected chi connectivity index (χ2v) is 5.18. The molecule has 0 saturated carbocycles. The highest BCUT2D eigenvalue weighted by Crippen LogP contribution is 2.34. The van der Waals surface area contributed by atoms with Crippen LogP contribution < -0.4 is 4.74 Å². The van der Waals surface area contributed by atoms with Crippen LogP contribution in [0.25, 0.3) is 11.3 Å². The van der Waals surface area contributed by atoms with Crippen molar-refractivity contribution in [3.63, 3.8) is 0 Å². The fourth-order valence-electron chi connectivity index (χ4n) is 2.01. The lowest BCUT2D eigenvalue weighted by Crippen LogP contribution is -2.04. The van der Waals surface area contributed by atoms with Crippen molar-refractivity contribution in [1.82, 2.24) is 10.2 Å². The third-order valence-corrected chi connectivity index (χ3v) is 3.40. The molecule has 3 aromatic rings. The van der Waals surface area contributed by atoms with Crippen LogP contribution in [0.4, 0.5) is 13.2 Å². The molecule has 1 heterocycles. The Balaban J connectivity index is 1.87. The van der Waals surface area contributed by atoms with Gasteiger partial charge in [-0.3, -0.25) is 5.10 Å². The van der Waals surface area contributed by atoms with Gasteiger partial charge in [-0.15, -0.1) is 0 Å². The van der Waals surface area contributed by atoms with Crippen molar-refractivity contribution in [1.29, 1.82) is 0 Å². The lowest BCUT2D eigenvalue weighted by atomic mass is 10.1. The van der Waals surface area contributed by atoms with E-state index in [9.17, 15) is 13.2 Å². The maximum absolute atomic E-state index is 12.6. The van der Waals surface area contributed by atoms with Crippen molar-refractivity contribution in [2.45, 2.75) is 6.18 Å². The van der Waals surface area contributed by atoms with E-state index >= 15 is 0 Å². The molecule has 0 amide bonds. The first-order valence-corrected chi connectivity index (χ1v) is 6.96. The molecule has 0 aliphatic heterocycles. The number of aromatic nitrogens is 2. The number of hydrogen-bond donors (Lipinski definition) is 1. The van der Waals surface area contributed by atoms with E-state index in [4.69, 9.17) is 16.3 Å². The van der Waals surface area contributed by atoms with Crippen molar-refractivity contribution in [2.75, 3.05) is 0 Å². The molecule has 0 aliphatic carbocycles. The van der Waals surface area contributed by atoms with Crippen LogP contribution in [0.1, 0.15) is 5.56 Å². The molecule has 1 aromatic heterocycles. The van der Waals surface area contributed by atoms with Crippen LogP contribution in [0.5, 0.6) is 11.5 Å². The summed E-state index contributed by atoms with van der Waals surface area (Å²) in [7, 11) is 0. The fraction of sp³-hybridized carbons (Fsp3) is 0.0625. The minimum atomic E-state index is -4.37. The van der Waals surface area contributed by atoms with Crippen LogP contribution in [0.2, 0.25) is 5.02 Å². The number of ether oxygens (including phenoxy) is 1. The Kier molecular flexibility index (Phi) is 4.00. The molecule has 118 valence electrons. The van der Waals surface area contributed by atoms with E-state index in [1.165, 1.54) is 18.3 Å². The van der Waals surface area contributed by atoms with E-state index in [1.807, 2.05) is 0 Å². The summed E-state index contributed by atoms with van der Waals surface area (Å²) in [6.45, 7) is 0. The Bertz CT molecular complexity index is 795. The zero-order valence-electron chi connectivity index (χ0n) is 11.6. The molecular weight excluding hydrogens is 329 g/mol. The number of H-pyrrole nitrogens is 1. The normalized spacial score (nSPS) is 11.5. The van der Waals surface area contributed by atoms with Gasteiger partial charge < -0.3 is 4.74 Å². The number of alkyl halides is 3. The number of halogens is 4. The molecule has 0 fully saturated rings. The van der Waals surface area contributed by atoms with Crippen LogP contribution in [0.15, 0.2) is 54.7 Å². The van der Waals surface area contributed by atoms with Crippen LogP contribution in [-0.2, 0) is 6.18 Å². The zero-order chi connectivity index (χ0) is 16.4. The Morgan fingerprint density at radius 2 is 1.61 bits per heavy atom. The predicted octanol–water partition coefficient (Wildman–Crippen LogP) is 5.54. The molecule has 7 heteroatoms. The number of hydrogen-bond acceptors (Lipinski definition) is 2. The summed E-state index contributed by atoms with van der Waals surface area (Å²) in [5, 5.41) is 7.19. The van der Waals surface area contributed by atoms with E-state index in [0.717, 1.165) is 12.1 Å². The van der Waals surface area contributed by atoms with E-state index in [0.29, 0.717) is 27.8 Å². The van der Waals surface area contributed by atoms with E-state index in [-0.39, 0.29) is 0 Å². The second kappa shape index (κ2) is 5.96. The summed E-state index contributed by atoms with van der Waals surface area (Å²) in [5.74, 6) is 0.955. The molecule has 0 saturated heterocycles. The number of nitrogens with one attached hydrogen (secondary N) is 1. The van der Waals surface area contributed by atoms with Gasteiger partial charge >= 0.3 is 6.18 Å². The summed E-state index contributed by atoms with van der Waals surface area (Å²) in [4.78, 5) is 0. The van der Waals surface area contributed by atoms with E-state index in [1.54, 1.807) is 24.3 Å². The number of aromatic amines is 1. The maximum atomic E-state index is 12.6. The predicted molar refractivity (Wildman–Crippen MR) is 80.6 cm³/mol. The minimum Gasteiger partial charge on any atom is -0.453 e. The Hall–Kier alpha value is -2.47. The molecule has 0 bridgehead atoms. The van der Waals surface area contributed by atoms with Crippen molar-refractivity contribution in [3.8, 4) is 22.8 Å². The topological polar surface area (TPSA) is 37.9 Å². The molecule has 3 nitrogen and oxygen atoms in total. The molecule has 0 atom stereocenters. The van der Waals surface area contributed by atoms with Crippen molar-refractivity contribution in [2.24, 2.45) is 0 Å². The lowest BCUT2D eigenvalue weighted by Gasteiger charge is -2.09. The van der Waals surface area contributed by atoms with Gasteiger partial charge in [-0.1, -0.05) is 23.7 Å². The monoisotopic (exact) mass is 338 g/mol. The van der Waals surface area contributed by atoms with Gasteiger partial charge in [-0.05, 0) is 36.4 Å². The highest BCUT2D eigenvalue weighted by molar-refractivity contribution is 6.30. The van der Waals surface area contributed by atoms with Crippen LogP contribution >= 0.6 is 11.6 Å². The third-order valence-electron chi connectivity index (χ3n) is 3.15.